The minimum atomic E-state index is -0.368. The highest BCUT2D eigenvalue weighted by atomic mass is 16.5. The highest BCUT2D eigenvalue weighted by Crippen LogP contribution is 2.21. The molecule has 0 unspecified atom stereocenters. The Hall–Kier alpha value is -2.82. The van der Waals surface area contributed by atoms with Crippen LogP contribution < -0.4 is 10.6 Å². The Kier molecular flexibility index (Phi) is 6.17. The highest BCUT2D eigenvalue weighted by Gasteiger charge is 2.09. The van der Waals surface area contributed by atoms with Crippen LogP contribution >= 0.6 is 0 Å². The van der Waals surface area contributed by atoms with Crippen LogP contribution in [0.2, 0.25) is 0 Å². The van der Waals surface area contributed by atoms with Gasteiger partial charge in [0, 0.05) is 11.4 Å². The van der Waals surface area contributed by atoms with Crippen LogP contribution in [0.5, 0.6) is 0 Å². The van der Waals surface area contributed by atoms with E-state index in [1.807, 2.05) is 13.8 Å². The molecular weight excluding hydrogens is 316 g/mol. The number of anilines is 2. The molecule has 0 aliphatic carbocycles. The number of carbonyl (C=O) groups is 2. The van der Waals surface area contributed by atoms with Crippen molar-refractivity contribution < 1.29 is 14.3 Å². The standard InChI is InChI=1S/C20H24N2O3/c1-5-25-20(24)16-6-8-17(9-7-16)22-18(23)12-21-19-14(3)10-13(2)11-15(19)4/h6-11,21H,5,12H2,1-4H3,(H,22,23). The van der Waals surface area contributed by atoms with Crippen LogP contribution in [-0.4, -0.2) is 25.0 Å². The summed E-state index contributed by atoms with van der Waals surface area (Å²) in [6.07, 6.45) is 0. The number of aryl methyl sites for hydroxylation is 3. The average Bonchev–Trinajstić information content (AvgIpc) is 2.54. The zero-order chi connectivity index (χ0) is 18.4. The van der Waals surface area contributed by atoms with Gasteiger partial charge in [0.1, 0.15) is 0 Å². The Bertz CT molecular complexity index is 744. The number of esters is 1. The smallest absolute Gasteiger partial charge is 0.338 e. The molecule has 0 spiro atoms. The summed E-state index contributed by atoms with van der Waals surface area (Å²) in [6, 6.07) is 10.8. The van der Waals surface area contributed by atoms with Gasteiger partial charge < -0.3 is 15.4 Å². The SMILES string of the molecule is CCOC(=O)c1ccc(NC(=O)CNc2c(C)cc(C)cc2C)cc1. The van der Waals surface area contributed by atoms with Crippen LogP contribution in [-0.2, 0) is 9.53 Å². The molecule has 0 aliphatic heterocycles. The van der Waals surface area contributed by atoms with E-state index >= 15 is 0 Å². The molecule has 132 valence electrons. The fourth-order valence-corrected chi connectivity index (χ4v) is 2.74. The molecule has 0 fully saturated rings. The lowest BCUT2D eigenvalue weighted by atomic mass is 10.1. The number of hydrogen-bond acceptors (Lipinski definition) is 4. The van der Waals surface area contributed by atoms with Crippen LogP contribution in [0.25, 0.3) is 0 Å². The van der Waals surface area contributed by atoms with Gasteiger partial charge in [-0.05, 0) is 63.1 Å². The van der Waals surface area contributed by atoms with Crippen LogP contribution in [0.15, 0.2) is 36.4 Å². The number of nitrogens with one attached hydrogen (secondary N) is 2. The first-order valence-electron chi connectivity index (χ1n) is 8.29. The van der Waals surface area contributed by atoms with Crippen LogP contribution in [0.4, 0.5) is 11.4 Å². The maximum absolute atomic E-state index is 12.1. The summed E-state index contributed by atoms with van der Waals surface area (Å²) in [4.78, 5) is 23.7. The molecule has 0 radical (unpaired) electrons. The summed E-state index contributed by atoms with van der Waals surface area (Å²) >= 11 is 0. The third-order valence-corrected chi connectivity index (χ3v) is 3.78. The van der Waals surface area contributed by atoms with Crippen molar-refractivity contribution in [1.29, 1.82) is 0 Å². The van der Waals surface area contributed by atoms with Crippen LogP contribution in [0.1, 0.15) is 34.0 Å². The Morgan fingerprint density at radius 1 is 1.00 bits per heavy atom. The largest absolute Gasteiger partial charge is 0.462 e. The Morgan fingerprint density at radius 2 is 1.60 bits per heavy atom. The molecule has 5 heteroatoms. The lowest BCUT2D eigenvalue weighted by Gasteiger charge is -2.14. The van der Waals surface area contributed by atoms with Crippen LogP contribution in [0.3, 0.4) is 0 Å². The van der Waals surface area contributed by atoms with Crippen LogP contribution in [0, 0.1) is 20.8 Å². The van der Waals surface area contributed by atoms with Crippen molar-refractivity contribution in [2.45, 2.75) is 27.7 Å². The minimum absolute atomic E-state index is 0.150. The first kappa shape index (κ1) is 18.5. The van der Waals surface area contributed by atoms with E-state index in [4.69, 9.17) is 4.74 Å². The first-order valence-corrected chi connectivity index (χ1v) is 8.29. The molecule has 0 saturated carbocycles. The monoisotopic (exact) mass is 340 g/mol. The van der Waals surface area contributed by atoms with Crippen molar-refractivity contribution >= 4 is 23.3 Å². The summed E-state index contributed by atoms with van der Waals surface area (Å²) in [5.41, 5.74) is 5.51. The van der Waals surface area contributed by atoms with E-state index in [0.29, 0.717) is 17.9 Å². The van der Waals surface area contributed by atoms with Gasteiger partial charge in [-0.15, -0.1) is 0 Å². The highest BCUT2D eigenvalue weighted by molar-refractivity contribution is 5.95. The Morgan fingerprint density at radius 3 is 2.16 bits per heavy atom. The van der Waals surface area contributed by atoms with Gasteiger partial charge in [-0.25, -0.2) is 4.79 Å². The number of carbonyl (C=O) groups excluding carboxylic acids is 2. The zero-order valence-corrected chi connectivity index (χ0v) is 15.1. The van der Waals surface area contributed by atoms with Crippen molar-refractivity contribution in [2.75, 3.05) is 23.8 Å². The number of hydrogen-bond donors (Lipinski definition) is 2. The molecule has 0 aliphatic rings. The molecule has 1 amide bonds. The van der Waals surface area contributed by atoms with Gasteiger partial charge in [0.15, 0.2) is 0 Å². The van der Waals surface area contributed by atoms with Crippen molar-refractivity contribution in [3.8, 4) is 0 Å². The van der Waals surface area contributed by atoms with Gasteiger partial charge in [-0.3, -0.25) is 4.79 Å². The van der Waals surface area contributed by atoms with Gasteiger partial charge in [-0.1, -0.05) is 17.7 Å². The quantitative estimate of drug-likeness (QED) is 0.784. The third-order valence-electron chi connectivity index (χ3n) is 3.78. The van der Waals surface area contributed by atoms with E-state index in [1.54, 1.807) is 31.2 Å². The van der Waals surface area contributed by atoms with E-state index in [9.17, 15) is 9.59 Å². The fourth-order valence-electron chi connectivity index (χ4n) is 2.74. The topological polar surface area (TPSA) is 67.4 Å². The molecule has 2 aromatic carbocycles. The van der Waals surface area contributed by atoms with Gasteiger partial charge in [0.25, 0.3) is 0 Å². The first-order chi connectivity index (χ1) is 11.9. The average molecular weight is 340 g/mol. The zero-order valence-electron chi connectivity index (χ0n) is 15.1. The molecular formula is C20H24N2O3. The van der Waals surface area contributed by atoms with Crippen molar-refractivity contribution in [2.24, 2.45) is 0 Å². The second-order valence-electron chi connectivity index (χ2n) is 5.97. The molecule has 0 heterocycles. The lowest BCUT2D eigenvalue weighted by Crippen LogP contribution is -2.22. The van der Waals surface area contributed by atoms with E-state index in [0.717, 1.165) is 16.8 Å². The summed E-state index contributed by atoms with van der Waals surface area (Å²) < 4.78 is 4.93. The number of benzene rings is 2. The molecule has 0 aromatic heterocycles. The number of ether oxygens (including phenoxy) is 1. The van der Waals surface area contributed by atoms with Gasteiger partial charge in [0.2, 0.25) is 5.91 Å². The molecule has 0 atom stereocenters. The molecule has 2 N–H and O–H groups in total. The van der Waals surface area contributed by atoms with E-state index in [-0.39, 0.29) is 18.4 Å². The maximum atomic E-state index is 12.1. The Labute approximate surface area is 148 Å². The van der Waals surface area contributed by atoms with Crippen molar-refractivity contribution in [3.63, 3.8) is 0 Å². The van der Waals surface area contributed by atoms with Gasteiger partial charge >= 0.3 is 5.97 Å². The number of amides is 1. The second kappa shape index (κ2) is 8.33. The van der Waals surface area contributed by atoms with Gasteiger partial charge in [0.05, 0.1) is 18.7 Å². The summed E-state index contributed by atoms with van der Waals surface area (Å²) in [7, 11) is 0. The maximum Gasteiger partial charge on any atom is 0.338 e. The second-order valence-corrected chi connectivity index (χ2v) is 5.97. The molecule has 2 rings (SSSR count). The van der Waals surface area contributed by atoms with Gasteiger partial charge in [-0.2, -0.15) is 0 Å². The number of rotatable bonds is 6. The van der Waals surface area contributed by atoms with E-state index < -0.39 is 0 Å². The predicted octanol–water partition coefficient (Wildman–Crippen LogP) is 3.84. The predicted molar refractivity (Wildman–Crippen MR) is 100 cm³/mol. The fraction of sp³-hybridized carbons (Fsp3) is 0.300. The minimum Gasteiger partial charge on any atom is -0.462 e. The normalized spacial score (nSPS) is 10.2. The molecule has 0 saturated heterocycles. The Balaban J connectivity index is 1.93. The lowest BCUT2D eigenvalue weighted by molar-refractivity contribution is -0.114. The summed E-state index contributed by atoms with van der Waals surface area (Å²) in [6.45, 7) is 8.36. The van der Waals surface area contributed by atoms with E-state index in [1.165, 1.54) is 5.56 Å². The molecule has 2 aromatic rings. The molecule has 25 heavy (non-hydrogen) atoms. The van der Waals surface area contributed by atoms with Crippen molar-refractivity contribution in [1.82, 2.24) is 0 Å². The summed E-state index contributed by atoms with van der Waals surface area (Å²) in [5.74, 6) is -0.518. The van der Waals surface area contributed by atoms with E-state index in [2.05, 4.69) is 29.7 Å². The summed E-state index contributed by atoms with van der Waals surface area (Å²) in [5, 5.41) is 6.00. The van der Waals surface area contributed by atoms with Crippen molar-refractivity contribution in [3.05, 3.63) is 58.7 Å². The molecule has 5 nitrogen and oxygen atoms in total. The third kappa shape index (κ3) is 5.08. The molecule has 0 bridgehead atoms.